The van der Waals surface area contributed by atoms with E-state index in [9.17, 15) is 10.1 Å². The van der Waals surface area contributed by atoms with Crippen molar-refractivity contribution in [1.82, 2.24) is 0 Å². The van der Waals surface area contributed by atoms with E-state index in [1.807, 2.05) is 13.0 Å². The van der Waals surface area contributed by atoms with E-state index < -0.39 is 4.92 Å². The van der Waals surface area contributed by atoms with Crippen LogP contribution in [-0.2, 0) is 6.54 Å². The minimum absolute atomic E-state index is 0.0248. The van der Waals surface area contributed by atoms with Crippen LogP contribution in [0.3, 0.4) is 0 Å². The highest BCUT2D eigenvalue weighted by atomic mass is 79.9. The molecule has 0 aliphatic rings. The maximum Gasteiger partial charge on any atom is 0.292 e. The van der Waals surface area contributed by atoms with Crippen molar-refractivity contribution in [2.45, 2.75) is 13.5 Å². The minimum Gasteiger partial charge on any atom is -0.375 e. The summed E-state index contributed by atoms with van der Waals surface area (Å²) in [5.74, 6) is 0. The molecule has 1 aromatic heterocycles. The van der Waals surface area contributed by atoms with Crippen LogP contribution in [0, 0.1) is 17.0 Å². The molecule has 0 radical (unpaired) electrons. The van der Waals surface area contributed by atoms with Crippen LogP contribution in [-0.4, -0.2) is 4.92 Å². The molecule has 0 unspecified atom stereocenters. The molecular weight excluding hydrogens is 352 g/mol. The summed E-state index contributed by atoms with van der Waals surface area (Å²) in [6.07, 6.45) is 0. The zero-order valence-electron chi connectivity index (χ0n) is 9.94. The number of hydrogen-bond acceptors (Lipinski definition) is 4. The highest BCUT2D eigenvalue weighted by Crippen LogP contribution is 2.30. The van der Waals surface area contributed by atoms with Gasteiger partial charge in [-0.15, -0.1) is 11.3 Å². The van der Waals surface area contributed by atoms with Crippen LogP contribution < -0.4 is 5.32 Å². The summed E-state index contributed by atoms with van der Waals surface area (Å²) < 4.78 is 1.05. The number of nitrogens with zero attached hydrogens (tertiary/aromatic N) is 1. The van der Waals surface area contributed by atoms with E-state index in [1.54, 1.807) is 17.4 Å². The Morgan fingerprint density at radius 1 is 1.47 bits per heavy atom. The van der Waals surface area contributed by atoms with Gasteiger partial charge in [0.25, 0.3) is 5.69 Å². The lowest BCUT2D eigenvalue weighted by Gasteiger charge is -2.06. The first kappa shape index (κ1) is 14.3. The number of rotatable bonds is 4. The first-order chi connectivity index (χ1) is 8.97. The number of anilines is 1. The quantitative estimate of drug-likeness (QED) is 0.616. The van der Waals surface area contributed by atoms with Crippen LogP contribution in [0.1, 0.15) is 9.75 Å². The number of thiophene rings is 1. The SMILES string of the molecule is Cc1sc(CNc2cc(Cl)ccc2[N+](=O)[O-])cc1Br. The van der Waals surface area contributed by atoms with E-state index in [0.29, 0.717) is 17.3 Å². The van der Waals surface area contributed by atoms with Gasteiger partial charge in [0.1, 0.15) is 5.69 Å². The summed E-state index contributed by atoms with van der Waals surface area (Å²) in [5.41, 5.74) is 0.455. The lowest BCUT2D eigenvalue weighted by molar-refractivity contribution is -0.384. The second kappa shape index (κ2) is 5.90. The Hall–Kier alpha value is -1.11. The van der Waals surface area contributed by atoms with Crippen LogP contribution in [0.25, 0.3) is 0 Å². The Kier molecular flexibility index (Phi) is 4.44. The molecular formula is C12H10BrClN2O2S. The summed E-state index contributed by atoms with van der Waals surface area (Å²) in [5, 5.41) is 14.4. The van der Waals surface area contributed by atoms with Crippen LogP contribution in [0.5, 0.6) is 0 Å². The third-order valence-corrected chi connectivity index (χ3v) is 4.89. The van der Waals surface area contributed by atoms with Crippen LogP contribution in [0.4, 0.5) is 11.4 Å². The van der Waals surface area contributed by atoms with Gasteiger partial charge in [0.05, 0.1) is 4.92 Å². The molecule has 0 bridgehead atoms. The Bertz CT molecular complexity index is 611. The minimum atomic E-state index is -0.422. The van der Waals surface area contributed by atoms with Crippen molar-refractivity contribution >= 4 is 50.2 Å². The van der Waals surface area contributed by atoms with Crippen molar-refractivity contribution < 1.29 is 4.92 Å². The molecule has 0 atom stereocenters. The largest absolute Gasteiger partial charge is 0.375 e. The Morgan fingerprint density at radius 2 is 2.21 bits per heavy atom. The third-order valence-electron chi connectivity index (χ3n) is 2.52. The van der Waals surface area contributed by atoms with Crippen molar-refractivity contribution in [3.05, 3.63) is 53.6 Å². The lowest BCUT2D eigenvalue weighted by Crippen LogP contribution is -2.01. The highest BCUT2D eigenvalue weighted by Gasteiger charge is 2.14. The fourth-order valence-electron chi connectivity index (χ4n) is 1.60. The maximum atomic E-state index is 10.9. The summed E-state index contributed by atoms with van der Waals surface area (Å²) in [6.45, 7) is 2.54. The predicted octanol–water partition coefficient (Wildman–Crippen LogP) is 4.99. The van der Waals surface area contributed by atoms with E-state index >= 15 is 0 Å². The normalized spacial score (nSPS) is 10.5. The number of hydrogen-bond donors (Lipinski definition) is 1. The number of nitro benzene ring substituents is 1. The third kappa shape index (κ3) is 3.46. The predicted molar refractivity (Wildman–Crippen MR) is 82.2 cm³/mol. The topological polar surface area (TPSA) is 55.2 Å². The second-order valence-corrected chi connectivity index (χ2v) is 6.52. The van der Waals surface area contributed by atoms with Gasteiger partial charge >= 0.3 is 0 Å². The molecule has 0 fully saturated rings. The van der Waals surface area contributed by atoms with Gasteiger partial charge in [-0.05, 0) is 41.1 Å². The highest BCUT2D eigenvalue weighted by molar-refractivity contribution is 9.10. The van der Waals surface area contributed by atoms with Gasteiger partial charge in [0.15, 0.2) is 0 Å². The van der Waals surface area contributed by atoms with E-state index in [4.69, 9.17) is 11.6 Å². The molecule has 2 rings (SSSR count). The molecule has 19 heavy (non-hydrogen) atoms. The van der Waals surface area contributed by atoms with Crippen LogP contribution >= 0.6 is 38.9 Å². The van der Waals surface area contributed by atoms with Crippen molar-refractivity contribution in [2.75, 3.05) is 5.32 Å². The second-order valence-electron chi connectivity index (χ2n) is 3.89. The molecule has 0 saturated heterocycles. The Balaban J connectivity index is 2.19. The zero-order chi connectivity index (χ0) is 14.0. The summed E-state index contributed by atoms with van der Waals surface area (Å²) >= 11 is 10.9. The molecule has 1 heterocycles. The first-order valence-corrected chi connectivity index (χ1v) is 7.38. The smallest absolute Gasteiger partial charge is 0.292 e. The zero-order valence-corrected chi connectivity index (χ0v) is 13.1. The number of nitrogens with one attached hydrogen (secondary N) is 1. The maximum absolute atomic E-state index is 10.9. The molecule has 1 aromatic carbocycles. The summed E-state index contributed by atoms with van der Waals surface area (Å²) in [4.78, 5) is 12.8. The number of halogens is 2. The lowest BCUT2D eigenvalue weighted by atomic mass is 10.2. The fraction of sp³-hybridized carbons (Fsp3) is 0.167. The summed E-state index contributed by atoms with van der Waals surface area (Å²) in [7, 11) is 0. The molecule has 0 saturated carbocycles. The standard InChI is InChI=1S/C12H10BrClN2O2S/c1-7-10(13)5-9(19-7)6-15-11-4-8(14)2-3-12(11)16(17)18/h2-5,15H,6H2,1H3. The number of aryl methyl sites for hydroxylation is 1. The van der Waals surface area contributed by atoms with Gasteiger partial charge in [-0.1, -0.05) is 11.6 Å². The van der Waals surface area contributed by atoms with Crippen LogP contribution in [0.2, 0.25) is 5.02 Å². The molecule has 7 heteroatoms. The Labute approximate surface area is 127 Å². The molecule has 2 aromatic rings. The first-order valence-electron chi connectivity index (χ1n) is 5.40. The van der Waals surface area contributed by atoms with Crippen molar-refractivity contribution in [1.29, 1.82) is 0 Å². The van der Waals surface area contributed by atoms with Gasteiger partial charge in [-0.3, -0.25) is 10.1 Å². The molecule has 1 N–H and O–H groups in total. The van der Waals surface area contributed by atoms with Crippen molar-refractivity contribution in [2.24, 2.45) is 0 Å². The van der Waals surface area contributed by atoms with Gasteiger partial charge in [-0.2, -0.15) is 0 Å². The molecule has 0 amide bonds. The molecule has 4 nitrogen and oxygen atoms in total. The molecule has 0 aliphatic heterocycles. The summed E-state index contributed by atoms with van der Waals surface area (Å²) in [6, 6.07) is 6.48. The fourth-order valence-corrected chi connectivity index (χ4v) is 3.31. The average Bonchev–Trinajstić information content (AvgIpc) is 2.66. The van der Waals surface area contributed by atoms with Gasteiger partial charge < -0.3 is 5.32 Å². The van der Waals surface area contributed by atoms with E-state index in [0.717, 1.165) is 9.35 Å². The molecule has 0 spiro atoms. The van der Waals surface area contributed by atoms with E-state index in [2.05, 4.69) is 21.2 Å². The average molecular weight is 362 g/mol. The molecule has 100 valence electrons. The van der Waals surface area contributed by atoms with Crippen molar-refractivity contribution in [3.8, 4) is 0 Å². The number of benzene rings is 1. The van der Waals surface area contributed by atoms with Crippen molar-refractivity contribution in [3.63, 3.8) is 0 Å². The van der Waals surface area contributed by atoms with Gasteiger partial charge in [-0.25, -0.2) is 0 Å². The van der Waals surface area contributed by atoms with E-state index in [1.165, 1.54) is 17.0 Å². The van der Waals surface area contributed by atoms with E-state index in [-0.39, 0.29) is 5.69 Å². The molecule has 0 aliphatic carbocycles. The van der Waals surface area contributed by atoms with Crippen LogP contribution in [0.15, 0.2) is 28.7 Å². The van der Waals surface area contributed by atoms with Gasteiger partial charge in [0.2, 0.25) is 0 Å². The van der Waals surface area contributed by atoms with Gasteiger partial charge in [0, 0.05) is 31.9 Å². The monoisotopic (exact) mass is 360 g/mol. The number of nitro groups is 1. The Morgan fingerprint density at radius 3 is 2.79 bits per heavy atom.